The Kier molecular flexibility index (Phi) is 11.2. The Hall–Kier alpha value is -1.98. The number of fused-ring (bicyclic) bond motifs is 1. The smallest absolute Gasteiger partial charge is 0.394 e. The number of nitrogens with zero attached hydrogens (tertiary/aromatic N) is 7. The first-order chi connectivity index (χ1) is 21.1. The molecule has 12 atom stereocenters. The molecule has 25 heteroatoms. The minimum Gasteiger partial charge on any atom is -0.394 e. The molecule has 4 heterocycles. The number of phosphoric acid groups is 1. The van der Waals surface area contributed by atoms with Gasteiger partial charge in [0, 0.05) is 10.8 Å². The van der Waals surface area contributed by atoms with E-state index in [9.17, 15) is 45.4 Å². The fourth-order valence-electron chi connectivity index (χ4n) is 5.01. The molecule has 0 spiro atoms. The zero-order chi connectivity index (χ0) is 33.3. The second kappa shape index (κ2) is 14.0. The van der Waals surface area contributed by atoms with E-state index in [1.807, 2.05) is 0 Å². The Morgan fingerprint density at radius 2 is 1.98 bits per heavy atom. The molecule has 0 amide bonds. The van der Waals surface area contributed by atoms with Crippen LogP contribution in [0.15, 0.2) is 17.8 Å². The van der Waals surface area contributed by atoms with E-state index in [0.717, 1.165) is 6.33 Å². The normalized spacial score (nSPS) is 35.7. The third kappa shape index (κ3) is 7.30. The van der Waals surface area contributed by atoms with Gasteiger partial charge in [-0.1, -0.05) is 12.0 Å². The highest BCUT2D eigenvalue weighted by molar-refractivity contribution is 8.08. The van der Waals surface area contributed by atoms with Crippen LogP contribution in [0.2, 0.25) is 0 Å². The van der Waals surface area contributed by atoms with Gasteiger partial charge in [-0.3, -0.25) is 9.09 Å². The highest BCUT2D eigenvalue weighted by atomic mass is 32.5. The summed E-state index contributed by atoms with van der Waals surface area (Å²) in [6.07, 6.45) is -11.6. The summed E-state index contributed by atoms with van der Waals surface area (Å²) in [5.41, 5.74) is 13.9. The van der Waals surface area contributed by atoms with Crippen molar-refractivity contribution in [3.63, 3.8) is 0 Å². The van der Waals surface area contributed by atoms with Gasteiger partial charge in [-0.15, -0.1) is 0 Å². The monoisotopic (exact) mass is 702 g/mol. The quantitative estimate of drug-likeness (QED) is 0.0495. The minimum absolute atomic E-state index is 0.0174. The standard InChI is InChI=1S/C20H32N8O14P2S/c1-2-20(26-27-22)15(34)10(40-19(20)28-7-25-11-16(21)23-6-24-17(11)28)5-39-44(37,45)42-43(35,36)41-18-14(33)13(32)12(31)8(4-38-18)9(30)3-29/h6-10,12-15,18-19,29-34H,2-5H2,1H3,(H,35,36)(H,37,45)(H2,21,23,24)/t8?,9-,10+,12?,13?,14?,15+,18?,19+,20+,44?/m0/s1. The summed E-state index contributed by atoms with van der Waals surface area (Å²) in [5.74, 6) is -1.28. The number of anilines is 1. The summed E-state index contributed by atoms with van der Waals surface area (Å²) in [4.78, 5) is 35.8. The molecule has 0 saturated carbocycles. The van der Waals surface area contributed by atoms with E-state index in [2.05, 4.69) is 29.3 Å². The molecule has 7 unspecified atom stereocenters. The zero-order valence-corrected chi connectivity index (χ0v) is 25.8. The fraction of sp³-hybridized carbons (Fsp3) is 0.750. The van der Waals surface area contributed by atoms with Gasteiger partial charge in [0.25, 0.3) is 0 Å². The van der Waals surface area contributed by atoms with E-state index < -0.39 is 95.0 Å². The Labute approximate surface area is 258 Å². The van der Waals surface area contributed by atoms with Crippen molar-refractivity contribution in [2.24, 2.45) is 11.0 Å². The first-order valence-corrected chi connectivity index (χ1v) is 17.2. The molecular formula is C20H32N8O14P2S. The van der Waals surface area contributed by atoms with Gasteiger partial charge in [-0.05, 0) is 23.8 Å². The molecule has 0 aliphatic carbocycles. The first-order valence-electron chi connectivity index (χ1n) is 13.1. The molecule has 4 rings (SSSR count). The molecule has 22 nitrogen and oxygen atoms in total. The lowest BCUT2D eigenvalue weighted by Crippen LogP contribution is -2.47. The van der Waals surface area contributed by atoms with E-state index in [4.69, 9.17) is 41.2 Å². The lowest BCUT2D eigenvalue weighted by atomic mass is 9.88. The Bertz CT molecular complexity index is 1500. The molecule has 45 heavy (non-hydrogen) atoms. The summed E-state index contributed by atoms with van der Waals surface area (Å²) >= 11 is 4.81. The number of nitrogens with two attached hydrogens (primary N) is 1. The molecule has 252 valence electrons. The van der Waals surface area contributed by atoms with Gasteiger partial charge in [-0.25, -0.2) is 23.8 Å². The molecule has 2 aromatic rings. The van der Waals surface area contributed by atoms with E-state index in [1.165, 1.54) is 10.9 Å². The van der Waals surface area contributed by atoms with Crippen LogP contribution in [0.3, 0.4) is 0 Å². The molecule has 0 aromatic carbocycles. The molecule has 0 radical (unpaired) electrons. The number of phosphoric ester groups is 1. The average molecular weight is 703 g/mol. The highest BCUT2D eigenvalue weighted by Gasteiger charge is 2.57. The van der Waals surface area contributed by atoms with Crippen LogP contribution in [0.4, 0.5) is 5.82 Å². The third-order valence-electron chi connectivity index (χ3n) is 7.43. The van der Waals surface area contributed by atoms with Crippen LogP contribution >= 0.6 is 14.5 Å². The van der Waals surface area contributed by atoms with Gasteiger partial charge in [0.2, 0.25) is 0 Å². The largest absolute Gasteiger partial charge is 0.481 e. The molecule has 2 aliphatic heterocycles. The Morgan fingerprint density at radius 1 is 1.27 bits per heavy atom. The number of imidazole rings is 1. The summed E-state index contributed by atoms with van der Waals surface area (Å²) in [7, 11) is -5.47. The number of hydrogen-bond donors (Lipinski definition) is 9. The minimum atomic E-state index is -5.47. The number of rotatable bonds is 12. The molecule has 2 saturated heterocycles. The first kappa shape index (κ1) is 35.9. The average Bonchev–Trinajstić information content (AvgIpc) is 3.50. The predicted octanol–water partition coefficient (Wildman–Crippen LogP) is -2.10. The van der Waals surface area contributed by atoms with Crippen LogP contribution in [-0.2, 0) is 39.2 Å². The van der Waals surface area contributed by atoms with E-state index in [-0.39, 0.29) is 23.4 Å². The summed E-state index contributed by atoms with van der Waals surface area (Å²) in [6.45, 7) is -5.38. The van der Waals surface area contributed by atoms with Crippen molar-refractivity contribution < 1.29 is 67.8 Å². The van der Waals surface area contributed by atoms with Gasteiger partial charge in [0.05, 0.1) is 44.5 Å². The van der Waals surface area contributed by atoms with Gasteiger partial charge < -0.3 is 60.2 Å². The van der Waals surface area contributed by atoms with Crippen LogP contribution in [0.1, 0.15) is 19.6 Å². The molecule has 10 N–H and O–H groups in total. The number of hydrogen-bond acceptors (Lipinski definition) is 18. The van der Waals surface area contributed by atoms with Crippen LogP contribution in [0.25, 0.3) is 21.6 Å². The van der Waals surface area contributed by atoms with Crippen molar-refractivity contribution in [1.29, 1.82) is 0 Å². The van der Waals surface area contributed by atoms with Crippen molar-refractivity contribution >= 4 is 43.3 Å². The maximum atomic E-state index is 12.7. The Morgan fingerprint density at radius 3 is 2.62 bits per heavy atom. The highest BCUT2D eigenvalue weighted by Crippen LogP contribution is 2.62. The third-order valence-corrected chi connectivity index (χ3v) is 10.9. The van der Waals surface area contributed by atoms with Crippen LogP contribution in [-0.4, -0.2) is 128 Å². The molecule has 2 aliphatic rings. The molecule has 2 fully saturated rings. The van der Waals surface area contributed by atoms with Gasteiger partial charge in [-0.2, -0.15) is 0 Å². The second-order valence-electron chi connectivity index (χ2n) is 10.1. The van der Waals surface area contributed by atoms with Crippen LogP contribution in [0.5, 0.6) is 0 Å². The number of azide groups is 1. The number of aliphatic hydroxyl groups is 6. The number of aliphatic hydroxyl groups excluding tert-OH is 6. The SMILES string of the molecule is CC[C@@]1(N=[N+]=[N-])[C@H](O)[C@@H](COP(O)(=S)OP(=O)(O)OC2OCC([C@@H](O)CO)C(O)C(O)C2O)O[C@H]1n1cnc2c(N)ncnc21. The van der Waals surface area contributed by atoms with Gasteiger partial charge in [0.1, 0.15) is 35.7 Å². The molecular weight excluding hydrogens is 670 g/mol. The summed E-state index contributed by atoms with van der Waals surface area (Å²) in [5, 5.41) is 64.7. The zero-order valence-electron chi connectivity index (χ0n) is 23.2. The topological polar surface area (TPSA) is 343 Å². The predicted molar refractivity (Wildman–Crippen MR) is 151 cm³/mol. The van der Waals surface area contributed by atoms with Crippen molar-refractivity contribution in [3.8, 4) is 0 Å². The number of nitrogen functional groups attached to an aromatic ring is 1. The van der Waals surface area contributed by atoms with Gasteiger partial charge in [0.15, 0.2) is 24.0 Å². The van der Waals surface area contributed by atoms with E-state index >= 15 is 0 Å². The molecule has 2 aromatic heterocycles. The fourth-order valence-corrected chi connectivity index (χ4v) is 8.12. The van der Waals surface area contributed by atoms with Crippen molar-refractivity contribution in [2.45, 2.75) is 68.0 Å². The maximum Gasteiger partial charge on any atom is 0.481 e. The van der Waals surface area contributed by atoms with Crippen LogP contribution < -0.4 is 5.73 Å². The van der Waals surface area contributed by atoms with Crippen LogP contribution in [0, 0.1) is 5.92 Å². The van der Waals surface area contributed by atoms with E-state index in [1.54, 1.807) is 6.92 Å². The summed E-state index contributed by atoms with van der Waals surface area (Å²) in [6, 6.07) is 0. The van der Waals surface area contributed by atoms with Crippen molar-refractivity contribution in [2.75, 3.05) is 25.6 Å². The van der Waals surface area contributed by atoms with E-state index in [0.29, 0.717) is 0 Å². The lowest BCUT2D eigenvalue weighted by molar-refractivity contribution is -0.173. The lowest BCUT2D eigenvalue weighted by Gasteiger charge is -2.31. The Balaban J connectivity index is 1.47. The van der Waals surface area contributed by atoms with Crippen molar-refractivity contribution in [1.82, 2.24) is 19.5 Å². The number of aromatic nitrogens is 4. The summed E-state index contributed by atoms with van der Waals surface area (Å²) < 4.78 is 39.6. The molecule has 0 bridgehead atoms. The maximum absolute atomic E-state index is 12.7. The second-order valence-corrected chi connectivity index (χ2v) is 14.5. The van der Waals surface area contributed by atoms with Gasteiger partial charge >= 0.3 is 14.5 Å². The van der Waals surface area contributed by atoms with Crippen molar-refractivity contribution in [3.05, 3.63) is 23.1 Å². The number of ether oxygens (including phenoxy) is 2.